The highest BCUT2D eigenvalue weighted by atomic mass is 16.5. The summed E-state index contributed by atoms with van der Waals surface area (Å²) in [6.45, 7) is 9.73. The van der Waals surface area contributed by atoms with Gasteiger partial charge in [-0.25, -0.2) is 4.68 Å². The van der Waals surface area contributed by atoms with E-state index in [1.807, 2.05) is 4.68 Å². The van der Waals surface area contributed by atoms with Crippen LogP contribution < -0.4 is 4.90 Å². The number of aromatic nitrogens is 3. The van der Waals surface area contributed by atoms with Crippen molar-refractivity contribution in [3.05, 3.63) is 65.9 Å². The molecule has 1 aromatic heterocycles. The number of ether oxygens (including phenoxy) is 1. The zero-order valence-electron chi connectivity index (χ0n) is 20.9. The largest absolute Gasteiger partial charge is 0.376 e. The van der Waals surface area contributed by atoms with Gasteiger partial charge in [0.1, 0.15) is 5.69 Å². The number of rotatable bonds is 6. The van der Waals surface area contributed by atoms with Crippen LogP contribution in [0, 0.1) is 12.3 Å². The summed E-state index contributed by atoms with van der Waals surface area (Å²) in [4.78, 5) is 5.18. The number of nitrogens with zero attached hydrogens (tertiary/aromatic N) is 5. The summed E-state index contributed by atoms with van der Waals surface area (Å²) in [5.74, 6) is 0. The molecule has 3 aliphatic heterocycles. The standard InChI is InChI=1S/C29H37N5O/c1-23-17-25(10-11-27(23)28-20-34(31-30-28)19-26-9-5-6-16-35-26)33-21-29(22-33)12-14-32(15-13-29)18-24-7-3-2-4-8-24/h2-4,7-8,10-11,17,20,26H,5-6,9,12-16,18-19,21-22H2,1H3. The second-order valence-electron chi connectivity index (χ2n) is 10.9. The Morgan fingerprint density at radius 1 is 1.03 bits per heavy atom. The van der Waals surface area contributed by atoms with Crippen molar-refractivity contribution in [2.24, 2.45) is 5.41 Å². The average molecular weight is 472 g/mol. The van der Waals surface area contributed by atoms with Gasteiger partial charge in [-0.15, -0.1) is 5.10 Å². The second kappa shape index (κ2) is 9.75. The number of piperidine rings is 1. The molecule has 3 fully saturated rings. The lowest BCUT2D eigenvalue weighted by Crippen LogP contribution is -2.60. The lowest BCUT2D eigenvalue weighted by atomic mass is 9.71. The molecule has 35 heavy (non-hydrogen) atoms. The van der Waals surface area contributed by atoms with E-state index in [1.54, 1.807) is 0 Å². The third kappa shape index (κ3) is 5.00. The molecular weight excluding hydrogens is 434 g/mol. The minimum Gasteiger partial charge on any atom is -0.376 e. The normalized spacial score (nSPS) is 22.3. The van der Waals surface area contributed by atoms with Gasteiger partial charge < -0.3 is 9.64 Å². The Bertz CT molecular complexity index is 1120. The number of aryl methyl sites for hydroxylation is 1. The fraction of sp³-hybridized carbons (Fsp3) is 0.517. The van der Waals surface area contributed by atoms with Gasteiger partial charge in [-0.3, -0.25) is 4.90 Å². The Balaban J connectivity index is 1.04. The molecule has 0 radical (unpaired) electrons. The van der Waals surface area contributed by atoms with E-state index in [9.17, 15) is 0 Å². The van der Waals surface area contributed by atoms with Crippen LogP contribution in [0.3, 0.4) is 0 Å². The number of benzene rings is 2. The minimum atomic E-state index is 0.269. The highest BCUT2D eigenvalue weighted by Gasteiger charge is 2.44. The molecule has 0 saturated carbocycles. The molecule has 6 nitrogen and oxygen atoms in total. The predicted molar refractivity (Wildman–Crippen MR) is 139 cm³/mol. The molecule has 3 saturated heterocycles. The highest BCUT2D eigenvalue weighted by molar-refractivity contribution is 5.67. The first-order chi connectivity index (χ1) is 17.2. The van der Waals surface area contributed by atoms with Crippen molar-refractivity contribution in [1.29, 1.82) is 0 Å². The quantitative estimate of drug-likeness (QED) is 0.510. The van der Waals surface area contributed by atoms with Gasteiger partial charge in [-0.05, 0) is 75.4 Å². The Hall–Kier alpha value is -2.70. The van der Waals surface area contributed by atoms with E-state index in [2.05, 4.69) is 81.8 Å². The topological polar surface area (TPSA) is 46.4 Å². The number of likely N-dealkylation sites (tertiary alicyclic amines) is 1. The summed E-state index contributed by atoms with van der Waals surface area (Å²) in [6.07, 6.45) is 8.49. The van der Waals surface area contributed by atoms with Gasteiger partial charge in [-0.2, -0.15) is 0 Å². The summed E-state index contributed by atoms with van der Waals surface area (Å²) in [6, 6.07) is 17.7. The fourth-order valence-corrected chi connectivity index (χ4v) is 6.09. The third-order valence-corrected chi connectivity index (χ3v) is 8.27. The summed E-state index contributed by atoms with van der Waals surface area (Å²) >= 11 is 0. The van der Waals surface area contributed by atoms with Crippen LogP contribution in [0.5, 0.6) is 0 Å². The van der Waals surface area contributed by atoms with Crippen molar-refractivity contribution < 1.29 is 4.74 Å². The Morgan fingerprint density at radius 2 is 1.86 bits per heavy atom. The molecule has 3 aliphatic rings. The smallest absolute Gasteiger partial charge is 0.113 e. The molecule has 6 heteroatoms. The molecule has 1 spiro atoms. The molecule has 1 unspecified atom stereocenters. The molecule has 0 aliphatic carbocycles. The maximum absolute atomic E-state index is 5.86. The van der Waals surface area contributed by atoms with Crippen LogP contribution in [0.2, 0.25) is 0 Å². The van der Waals surface area contributed by atoms with Crippen molar-refractivity contribution >= 4 is 5.69 Å². The van der Waals surface area contributed by atoms with Gasteiger partial charge in [0.05, 0.1) is 18.8 Å². The van der Waals surface area contributed by atoms with Gasteiger partial charge >= 0.3 is 0 Å². The van der Waals surface area contributed by atoms with Crippen molar-refractivity contribution in [3.8, 4) is 11.3 Å². The molecule has 6 rings (SSSR count). The van der Waals surface area contributed by atoms with E-state index in [-0.39, 0.29) is 6.10 Å². The summed E-state index contributed by atoms with van der Waals surface area (Å²) < 4.78 is 7.81. The van der Waals surface area contributed by atoms with Crippen molar-refractivity contribution in [3.63, 3.8) is 0 Å². The molecule has 0 N–H and O–H groups in total. The molecule has 4 heterocycles. The Kier molecular flexibility index (Phi) is 6.33. The second-order valence-corrected chi connectivity index (χ2v) is 10.9. The molecule has 0 amide bonds. The van der Waals surface area contributed by atoms with Crippen LogP contribution in [-0.2, 0) is 17.8 Å². The van der Waals surface area contributed by atoms with Crippen LogP contribution in [0.15, 0.2) is 54.7 Å². The molecule has 3 aromatic rings. The fourth-order valence-electron chi connectivity index (χ4n) is 6.09. The first-order valence-electron chi connectivity index (χ1n) is 13.3. The molecule has 2 aromatic carbocycles. The van der Waals surface area contributed by atoms with Crippen molar-refractivity contribution in [2.75, 3.05) is 37.7 Å². The first-order valence-corrected chi connectivity index (χ1v) is 13.3. The molecule has 184 valence electrons. The van der Waals surface area contributed by atoms with E-state index in [0.29, 0.717) is 5.41 Å². The van der Waals surface area contributed by atoms with Crippen molar-refractivity contribution in [1.82, 2.24) is 19.9 Å². The number of anilines is 1. The van der Waals surface area contributed by atoms with Gasteiger partial charge in [0.2, 0.25) is 0 Å². The number of hydrogen-bond donors (Lipinski definition) is 0. The van der Waals surface area contributed by atoms with Gasteiger partial charge in [-0.1, -0.05) is 41.6 Å². The van der Waals surface area contributed by atoms with Crippen LogP contribution in [0.4, 0.5) is 5.69 Å². The molecular formula is C29H37N5O. The van der Waals surface area contributed by atoms with E-state index in [0.717, 1.165) is 31.8 Å². The van der Waals surface area contributed by atoms with Crippen LogP contribution in [-0.4, -0.2) is 58.8 Å². The lowest BCUT2D eigenvalue weighted by Gasteiger charge is -2.55. The first kappa shape index (κ1) is 22.7. The molecule has 0 bridgehead atoms. The predicted octanol–water partition coefficient (Wildman–Crippen LogP) is 4.93. The van der Waals surface area contributed by atoms with Gasteiger partial charge in [0.25, 0.3) is 0 Å². The van der Waals surface area contributed by atoms with E-state index < -0.39 is 0 Å². The number of hydrogen-bond acceptors (Lipinski definition) is 5. The van der Waals surface area contributed by atoms with Crippen LogP contribution in [0.25, 0.3) is 11.3 Å². The maximum Gasteiger partial charge on any atom is 0.113 e. The van der Waals surface area contributed by atoms with E-state index >= 15 is 0 Å². The SMILES string of the molecule is Cc1cc(N2CC3(CCN(Cc4ccccc4)CC3)C2)ccc1-c1cn(CC2CCCCO2)nn1. The summed E-state index contributed by atoms with van der Waals surface area (Å²) in [5, 5.41) is 8.84. The summed E-state index contributed by atoms with van der Waals surface area (Å²) in [5.41, 5.74) is 6.67. The Morgan fingerprint density at radius 3 is 2.60 bits per heavy atom. The minimum absolute atomic E-state index is 0.269. The summed E-state index contributed by atoms with van der Waals surface area (Å²) in [7, 11) is 0. The van der Waals surface area contributed by atoms with Crippen LogP contribution in [0.1, 0.15) is 43.2 Å². The Labute approximate surface area is 208 Å². The van der Waals surface area contributed by atoms with E-state index in [4.69, 9.17) is 4.74 Å². The van der Waals surface area contributed by atoms with Crippen LogP contribution >= 0.6 is 0 Å². The highest BCUT2D eigenvalue weighted by Crippen LogP contribution is 2.43. The maximum atomic E-state index is 5.86. The lowest BCUT2D eigenvalue weighted by molar-refractivity contribution is 0.00370. The van der Waals surface area contributed by atoms with E-state index in [1.165, 1.54) is 74.2 Å². The van der Waals surface area contributed by atoms with Crippen molar-refractivity contribution in [2.45, 2.75) is 58.2 Å². The third-order valence-electron chi connectivity index (χ3n) is 8.27. The molecule has 1 atom stereocenters. The average Bonchev–Trinajstić information content (AvgIpc) is 3.32. The van der Waals surface area contributed by atoms with Gasteiger partial charge in [0.15, 0.2) is 0 Å². The van der Waals surface area contributed by atoms with Gasteiger partial charge in [0, 0.05) is 42.9 Å². The zero-order chi connectivity index (χ0) is 23.7. The zero-order valence-corrected chi connectivity index (χ0v) is 20.9. The monoisotopic (exact) mass is 471 g/mol.